The van der Waals surface area contributed by atoms with Crippen LogP contribution in [-0.4, -0.2) is 37.2 Å². The second-order valence-electron chi connectivity index (χ2n) is 5.05. The molecule has 0 aliphatic carbocycles. The summed E-state index contributed by atoms with van der Waals surface area (Å²) in [5.74, 6) is -0.506. The Morgan fingerprint density at radius 3 is 2.59 bits per heavy atom. The molecule has 1 saturated heterocycles. The molecule has 0 spiro atoms. The zero-order valence-corrected chi connectivity index (χ0v) is 13.0. The third kappa shape index (κ3) is 3.47. The van der Waals surface area contributed by atoms with Gasteiger partial charge >= 0.3 is 12.1 Å². The molecule has 0 N–H and O–H groups in total. The van der Waals surface area contributed by atoms with Crippen molar-refractivity contribution in [3.8, 4) is 0 Å². The molecule has 1 aromatic rings. The van der Waals surface area contributed by atoms with Crippen molar-refractivity contribution in [3.05, 3.63) is 41.6 Å². The molecule has 5 nitrogen and oxygen atoms in total. The average molecular weight is 303 g/mol. The van der Waals surface area contributed by atoms with E-state index in [2.05, 4.69) is 6.92 Å². The summed E-state index contributed by atoms with van der Waals surface area (Å²) in [6, 6.07) is 9.63. The molecule has 0 radical (unpaired) electrons. The fourth-order valence-electron chi connectivity index (χ4n) is 2.48. The number of nitrogens with zero attached hydrogens (tertiary/aromatic N) is 1. The van der Waals surface area contributed by atoms with Gasteiger partial charge in [-0.05, 0) is 24.0 Å². The fraction of sp³-hybridized carbons (Fsp3) is 0.412. The quantitative estimate of drug-likeness (QED) is 0.598. The highest BCUT2D eigenvalue weighted by Gasteiger charge is 2.32. The van der Waals surface area contributed by atoms with Crippen molar-refractivity contribution in [2.45, 2.75) is 26.2 Å². The Kier molecular flexibility index (Phi) is 5.58. The molecule has 1 aromatic carbocycles. The molecule has 2 rings (SSSR count). The number of hydrogen-bond donors (Lipinski definition) is 0. The summed E-state index contributed by atoms with van der Waals surface area (Å²) in [4.78, 5) is 25.6. The first-order valence-corrected chi connectivity index (χ1v) is 7.50. The van der Waals surface area contributed by atoms with Gasteiger partial charge in [-0.3, -0.25) is 4.90 Å². The van der Waals surface area contributed by atoms with E-state index in [1.165, 1.54) is 12.0 Å². The van der Waals surface area contributed by atoms with Gasteiger partial charge in [-0.15, -0.1) is 0 Å². The summed E-state index contributed by atoms with van der Waals surface area (Å²) in [5, 5.41) is 0. The number of esters is 1. The monoisotopic (exact) mass is 303 g/mol. The maximum Gasteiger partial charge on any atom is 0.414 e. The van der Waals surface area contributed by atoms with Gasteiger partial charge in [-0.25, -0.2) is 9.59 Å². The van der Waals surface area contributed by atoms with Crippen molar-refractivity contribution in [2.24, 2.45) is 0 Å². The highest BCUT2D eigenvalue weighted by molar-refractivity contribution is 6.00. The van der Waals surface area contributed by atoms with Crippen molar-refractivity contribution in [1.82, 2.24) is 4.90 Å². The molecule has 1 aliphatic heterocycles. The molecule has 5 heteroatoms. The minimum atomic E-state index is -0.506. The number of amides is 1. The normalized spacial score (nSPS) is 15.4. The molecule has 1 aliphatic rings. The van der Waals surface area contributed by atoms with Crippen molar-refractivity contribution >= 4 is 17.6 Å². The Morgan fingerprint density at radius 1 is 1.32 bits per heavy atom. The summed E-state index contributed by atoms with van der Waals surface area (Å²) in [7, 11) is 1.33. The molecular formula is C17H21NO4. The van der Waals surface area contributed by atoms with Crippen LogP contribution >= 0.6 is 0 Å². The predicted octanol–water partition coefficient (Wildman–Crippen LogP) is 3.21. The van der Waals surface area contributed by atoms with E-state index >= 15 is 0 Å². The minimum absolute atomic E-state index is 0.287. The van der Waals surface area contributed by atoms with Crippen LogP contribution < -0.4 is 0 Å². The van der Waals surface area contributed by atoms with Crippen molar-refractivity contribution < 1.29 is 19.1 Å². The van der Waals surface area contributed by atoms with Crippen LogP contribution in [-0.2, 0) is 14.3 Å². The first kappa shape index (κ1) is 16.1. The fourth-order valence-corrected chi connectivity index (χ4v) is 2.48. The summed E-state index contributed by atoms with van der Waals surface area (Å²) in [5.41, 5.74) is 2.05. The van der Waals surface area contributed by atoms with E-state index in [4.69, 9.17) is 9.47 Å². The lowest BCUT2D eigenvalue weighted by molar-refractivity contribution is -0.137. The van der Waals surface area contributed by atoms with E-state index in [0.29, 0.717) is 18.7 Å². The molecule has 0 bridgehead atoms. The van der Waals surface area contributed by atoms with E-state index in [1.807, 2.05) is 30.3 Å². The van der Waals surface area contributed by atoms with Gasteiger partial charge in [0.25, 0.3) is 0 Å². The molecule has 0 saturated carbocycles. The summed E-state index contributed by atoms with van der Waals surface area (Å²) in [6.45, 7) is 2.74. The number of carbonyl (C=O) groups excluding carboxylic acids is 2. The van der Waals surface area contributed by atoms with Gasteiger partial charge < -0.3 is 9.47 Å². The number of ether oxygens (including phenoxy) is 2. The first-order valence-electron chi connectivity index (χ1n) is 7.50. The smallest absolute Gasteiger partial charge is 0.414 e. The summed E-state index contributed by atoms with van der Waals surface area (Å²) in [6.07, 6.45) is 2.13. The molecule has 0 unspecified atom stereocenters. The summed E-state index contributed by atoms with van der Waals surface area (Å²) >= 11 is 0. The first-order chi connectivity index (χ1) is 10.7. The van der Waals surface area contributed by atoms with Crippen LogP contribution in [0, 0.1) is 0 Å². The van der Waals surface area contributed by atoms with Crippen LogP contribution in [0.25, 0.3) is 5.57 Å². The van der Waals surface area contributed by atoms with E-state index in [-0.39, 0.29) is 6.61 Å². The predicted molar refractivity (Wildman–Crippen MR) is 83.0 cm³/mol. The number of benzene rings is 1. The second kappa shape index (κ2) is 7.64. The van der Waals surface area contributed by atoms with Crippen LogP contribution in [0.15, 0.2) is 36.0 Å². The zero-order chi connectivity index (χ0) is 15.9. The highest BCUT2D eigenvalue weighted by Crippen LogP contribution is 2.29. The Bertz CT molecular complexity index is 565. The van der Waals surface area contributed by atoms with E-state index in [0.717, 1.165) is 24.0 Å². The van der Waals surface area contributed by atoms with Crippen LogP contribution in [0.2, 0.25) is 0 Å². The van der Waals surface area contributed by atoms with Gasteiger partial charge in [0.15, 0.2) is 0 Å². The van der Waals surface area contributed by atoms with Crippen molar-refractivity contribution in [3.63, 3.8) is 0 Å². The molecule has 0 atom stereocenters. The largest absolute Gasteiger partial charge is 0.464 e. The number of rotatable bonds is 6. The standard InChI is InChI=1S/C17H21NO4/c1-3-4-10-14(13-8-6-5-7-9-13)15(16(19)21-2)18-11-12-22-17(18)20/h5-9H,3-4,10-12H2,1-2H3/b15-14-. The lowest BCUT2D eigenvalue weighted by atomic mass is 9.97. The maximum atomic E-state index is 12.3. The van der Waals surface area contributed by atoms with Crippen LogP contribution in [0.3, 0.4) is 0 Å². The second-order valence-corrected chi connectivity index (χ2v) is 5.05. The number of allylic oxidation sites excluding steroid dienone is 1. The number of unbranched alkanes of at least 4 members (excludes halogenated alkanes) is 1. The molecule has 0 aromatic heterocycles. The molecule has 1 fully saturated rings. The molecule has 118 valence electrons. The van der Waals surface area contributed by atoms with Gasteiger partial charge in [-0.2, -0.15) is 0 Å². The van der Waals surface area contributed by atoms with Crippen LogP contribution in [0.1, 0.15) is 31.7 Å². The van der Waals surface area contributed by atoms with Gasteiger partial charge in [0.2, 0.25) is 0 Å². The third-order valence-corrected chi connectivity index (χ3v) is 3.60. The van der Waals surface area contributed by atoms with Gasteiger partial charge in [0.05, 0.1) is 13.7 Å². The molecule has 1 amide bonds. The van der Waals surface area contributed by atoms with E-state index in [9.17, 15) is 9.59 Å². The summed E-state index contributed by atoms with van der Waals surface area (Å²) < 4.78 is 9.89. The van der Waals surface area contributed by atoms with Crippen LogP contribution in [0.4, 0.5) is 4.79 Å². The van der Waals surface area contributed by atoms with E-state index in [1.54, 1.807) is 0 Å². The third-order valence-electron chi connectivity index (χ3n) is 3.60. The molecule has 22 heavy (non-hydrogen) atoms. The van der Waals surface area contributed by atoms with Gasteiger partial charge in [-0.1, -0.05) is 43.7 Å². The van der Waals surface area contributed by atoms with Gasteiger partial charge in [0.1, 0.15) is 12.3 Å². The Balaban J connectivity index is 2.53. The zero-order valence-electron chi connectivity index (χ0n) is 13.0. The number of cyclic esters (lactones) is 1. The Morgan fingerprint density at radius 2 is 2.05 bits per heavy atom. The highest BCUT2D eigenvalue weighted by atomic mass is 16.6. The Labute approximate surface area is 130 Å². The lowest BCUT2D eigenvalue weighted by Gasteiger charge is -2.20. The van der Waals surface area contributed by atoms with E-state index < -0.39 is 12.1 Å². The molecule has 1 heterocycles. The molecular weight excluding hydrogens is 282 g/mol. The van der Waals surface area contributed by atoms with Crippen molar-refractivity contribution in [1.29, 1.82) is 0 Å². The van der Waals surface area contributed by atoms with Crippen molar-refractivity contribution in [2.75, 3.05) is 20.3 Å². The topological polar surface area (TPSA) is 55.8 Å². The number of hydrogen-bond acceptors (Lipinski definition) is 4. The Hall–Kier alpha value is -2.30. The average Bonchev–Trinajstić information content (AvgIpc) is 2.97. The van der Waals surface area contributed by atoms with Crippen LogP contribution in [0.5, 0.6) is 0 Å². The maximum absolute atomic E-state index is 12.3. The number of methoxy groups -OCH3 is 1. The lowest BCUT2D eigenvalue weighted by Crippen LogP contribution is -2.30. The van der Waals surface area contributed by atoms with Gasteiger partial charge in [0, 0.05) is 0 Å². The number of carbonyl (C=O) groups is 2. The minimum Gasteiger partial charge on any atom is -0.464 e. The SMILES string of the molecule is CCCC/C(=C(\C(=O)OC)N1CCOC1=O)c1ccccc1.